The minimum absolute atomic E-state index is 0.302. The molecule has 0 radical (unpaired) electrons. The van der Waals surface area contributed by atoms with Gasteiger partial charge in [0.05, 0.1) is 5.02 Å². The van der Waals surface area contributed by atoms with Crippen molar-refractivity contribution < 1.29 is 5.11 Å². The lowest BCUT2D eigenvalue weighted by atomic mass is 10.1. The normalized spacial score (nSPS) is 11.1. The fourth-order valence-corrected chi connectivity index (χ4v) is 2.67. The molecule has 21 heavy (non-hydrogen) atoms. The van der Waals surface area contributed by atoms with E-state index >= 15 is 0 Å². The first-order chi connectivity index (χ1) is 10.2. The zero-order valence-corrected chi connectivity index (χ0v) is 12.3. The Morgan fingerprint density at radius 1 is 1.05 bits per heavy atom. The molecule has 4 heteroatoms. The van der Waals surface area contributed by atoms with Gasteiger partial charge >= 0.3 is 0 Å². The molecule has 1 aromatic heterocycles. The van der Waals surface area contributed by atoms with Gasteiger partial charge in [-0.1, -0.05) is 41.9 Å². The number of fused-ring (bicyclic) bond motifs is 1. The monoisotopic (exact) mass is 300 g/mol. The number of hydrogen-bond acceptors (Lipinski definition) is 2. The van der Waals surface area contributed by atoms with Crippen LogP contribution in [-0.2, 0) is 13.0 Å². The number of hydrogen-bond donors (Lipinski definition) is 3. The number of halogens is 1. The van der Waals surface area contributed by atoms with Gasteiger partial charge in [-0.15, -0.1) is 0 Å². The molecular formula is C17H17ClN2O. The molecule has 0 saturated carbocycles. The molecule has 0 aliphatic heterocycles. The van der Waals surface area contributed by atoms with E-state index in [1.165, 1.54) is 5.56 Å². The van der Waals surface area contributed by atoms with Crippen molar-refractivity contribution in [2.45, 2.75) is 13.0 Å². The summed E-state index contributed by atoms with van der Waals surface area (Å²) >= 11 is 6.37. The molecule has 3 N–H and O–H groups in total. The Kier molecular flexibility index (Phi) is 4.13. The van der Waals surface area contributed by atoms with Crippen LogP contribution < -0.4 is 5.32 Å². The quantitative estimate of drug-likeness (QED) is 0.627. The first-order valence-corrected chi connectivity index (χ1v) is 7.35. The van der Waals surface area contributed by atoms with E-state index in [0.29, 0.717) is 12.3 Å². The minimum atomic E-state index is 0.302. The van der Waals surface area contributed by atoms with Gasteiger partial charge < -0.3 is 15.4 Å². The molecule has 0 aliphatic rings. The van der Waals surface area contributed by atoms with Gasteiger partial charge in [-0.3, -0.25) is 0 Å². The average Bonchev–Trinajstić information content (AvgIpc) is 2.82. The molecule has 1 heterocycles. The second-order valence-electron chi connectivity index (χ2n) is 5.06. The van der Waals surface area contributed by atoms with E-state index in [1.54, 1.807) is 12.1 Å². The third kappa shape index (κ3) is 3.20. The van der Waals surface area contributed by atoms with Crippen molar-refractivity contribution in [2.24, 2.45) is 0 Å². The van der Waals surface area contributed by atoms with Crippen LogP contribution in [0.5, 0.6) is 5.75 Å². The summed E-state index contributed by atoms with van der Waals surface area (Å²) in [6.07, 6.45) is 0.915. The van der Waals surface area contributed by atoms with Gasteiger partial charge in [-0.2, -0.15) is 0 Å². The van der Waals surface area contributed by atoms with Crippen LogP contribution in [0.25, 0.3) is 10.9 Å². The second kappa shape index (κ2) is 6.20. The van der Waals surface area contributed by atoms with Crippen LogP contribution in [0.4, 0.5) is 0 Å². The Morgan fingerprint density at radius 3 is 2.57 bits per heavy atom. The van der Waals surface area contributed by atoms with Gasteiger partial charge in [-0.05, 0) is 36.7 Å². The summed E-state index contributed by atoms with van der Waals surface area (Å²) in [6.45, 7) is 1.57. The van der Waals surface area contributed by atoms with E-state index in [-0.39, 0.29) is 0 Å². The molecule has 0 saturated heterocycles. The van der Waals surface area contributed by atoms with E-state index in [4.69, 9.17) is 11.6 Å². The Hall–Kier alpha value is -1.97. The highest BCUT2D eigenvalue weighted by Gasteiger charge is 2.07. The summed E-state index contributed by atoms with van der Waals surface area (Å²) in [5, 5.41) is 14.5. The predicted molar refractivity (Wildman–Crippen MR) is 86.8 cm³/mol. The molecule has 3 rings (SSSR count). The van der Waals surface area contributed by atoms with Crippen molar-refractivity contribution in [3.05, 3.63) is 64.8 Å². The number of phenols is 1. The van der Waals surface area contributed by atoms with Gasteiger partial charge in [0.25, 0.3) is 0 Å². The van der Waals surface area contributed by atoms with Crippen LogP contribution in [0, 0.1) is 0 Å². The SMILES string of the molecule is Oc1ccc(CCNCc2[nH]c3ccccc3c2Cl)cc1. The minimum Gasteiger partial charge on any atom is -0.508 e. The topological polar surface area (TPSA) is 48.0 Å². The third-order valence-corrected chi connectivity index (χ3v) is 3.97. The molecule has 2 aromatic carbocycles. The van der Waals surface area contributed by atoms with Crippen LogP contribution >= 0.6 is 11.6 Å². The summed E-state index contributed by atoms with van der Waals surface area (Å²) in [7, 11) is 0. The number of rotatable bonds is 5. The summed E-state index contributed by atoms with van der Waals surface area (Å²) in [5.74, 6) is 0.302. The van der Waals surface area contributed by atoms with Gasteiger partial charge in [0.2, 0.25) is 0 Å². The van der Waals surface area contributed by atoms with Crippen molar-refractivity contribution >= 4 is 22.5 Å². The van der Waals surface area contributed by atoms with Crippen molar-refractivity contribution in [3.63, 3.8) is 0 Å². The highest BCUT2D eigenvalue weighted by Crippen LogP contribution is 2.26. The highest BCUT2D eigenvalue weighted by atomic mass is 35.5. The number of aromatic hydroxyl groups is 1. The van der Waals surface area contributed by atoms with Crippen molar-refractivity contribution in [1.82, 2.24) is 10.3 Å². The molecule has 108 valence electrons. The van der Waals surface area contributed by atoms with Crippen LogP contribution in [-0.4, -0.2) is 16.6 Å². The molecule has 0 spiro atoms. The van der Waals surface area contributed by atoms with Gasteiger partial charge in [0, 0.05) is 23.1 Å². The van der Waals surface area contributed by atoms with Crippen LogP contribution in [0.2, 0.25) is 5.02 Å². The number of H-pyrrole nitrogens is 1. The molecule has 3 aromatic rings. The predicted octanol–water partition coefficient (Wildman–Crippen LogP) is 3.86. The van der Waals surface area contributed by atoms with E-state index in [9.17, 15) is 5.11 Å². The summed E-state index contributed by atoms with van der Waals surface area (Å²) in [5.41, 5.74) is 3.28. The van der Waals surface area contributed by atoms with E-state index in [0.717, 1.165) is 34.6 Å². The molecular weight excluding hydrogens is 284 g/mol. The van der Waals surface area contributed by atoms with Crippen molar-refractivity contribution in [1.29, 1.82) is 0 Å². The fraction of sp³-hybridized carbons (Fsp3) is 0.176. The second-order valence-corrected chi connectivity index (χ2v) is 5.43. The number of aromatic nitrogens is 1. The number of phenolic OH excluding ortho intramolecular Hbond substituents is 1. The van der Waals surface area contributed by atoms with Crippen LogP contribution in [0.3, 0.4) is 0 Å². The number of nitrogens with one attached hydrogen (secondary N) is 2. The smallest absolute Gasteiger partial charge is 0.115 e. The number of benzene rings is 2. The maximum absolute atomic E-state index is 9.24. The standard InChI is InChI=1S/C17H17ClN2O/c18-17-14-3-1-2-4-15(14)20-16(17)11-19-10-9-12-5-7-13(21)8-6-12/h1-8,19-21H,9-11H2. The number of para-hydroxylation sites is 1. The van der Waals surface area contributed by atoms with E-state index in [2.05, 4.69) is 10.3 Å². The Morgan fingerprint density at radius 2 is 1.81 bits per heavy atom. The lowest BCUT2D eigenvalue weighted by molar-refractivity contribution is 0.475. The van der Waals surface area contributed by atoms with Gasteiger partial charge in [-0.25, -0.2) is 0 Å². The zero-order valence-electron chi connectivity index (χ0n) is 11.6. The summed E-state index contributed by atoms with van der Waals surface area (Å²) in [4.78, 5) is 3.34. The average molecular weight is 301 g/mol. The van der Waals surface area contributed by atoms with Crippen LogP contribution in [0.15, 0.2) is 48.5 Å². The first-order valence-electron chi connectivity index (χ1n) is 6.98. The first kappa shape index (κ1) is 14.0. The van der Waals surface area contributed by atoms with E-state index in [1.807, 2.05) is 36.4 Å². The lowest BCUT2D eigenvalue weighted by Gasteiger charge is -2.04. The van der Waals surface area contributed by atoms with Crippen LogP contribution in [0.1, 0.15) is 11.3 Å². The zero-order chi connectivity index (χ0) is 14.7. The fourth-order valence-electron chi connectivity index (χ4n) is 2.39. The Bertz CT molecular complexity index is 734. The lowest BCUT2D eigenvalue weighted by Crippen LogP contribution is -2.17. The summed E-state index contributed by atoms with van der Waals surface area (Å²) in [6, 6.07) is 15.3. The molecule has 0 bridgehead atoms. The number of aromatic amines is 1. The third-order valence-electron chi connectivity index (χ3n) is 3.54. The molecule has 0 unspecified atom stereocenters. The van der Waals surface area contributed by atoms with Gasteiger partial charge in [0.1, 0.15) is 5.75 Å². The molecule has 0 amide bonds. The highest BCUT2D eigenvalue weighted by molar-refractivity contribution is 6.36. The molecule has 0 atom stereocenters. The van der Waals surface area contributed by atoms with E-state index < -0.39 is 0 Å². The Labute approximate surface area is 128 Å². The maximum Gasteiger partial charge on any atom is 0.115 e. The Balaban J connectivity index is 1.57. The molecule has 3 nitrogen and oxygen atoms in total. The maximum atomic E-state index is 9.24. The molecule has 0 fully saturated rings. The van der Waals surface area contributed by atoms with Crippen molar-refractivity contribution in [3.8, 4) is 5.75 Å². The van der Waals surface area contributed by atoms with Crippen molar-refractivity contribution in [2.75, 3.05) is 6.54 Å². The molecule has 0 aliphatic carbocycles. The largest absolute Gasteiger partial charge is 0.508 e. The summed E-state index contributed by atoms with van der Waals surface area (Å²) < 4.78 is 0. The van der Waals surface area contributed by atoms with Gasteiger partial charge in [0.15, 0.2) is 0 Å².